The molecule has 0 amide bonds. The van der Waals surface area contributed by atoms with Crippen LogP contribution in [0.1, 0.15) is 26.1 Å². The Bertz CT molecular complexity index is 551. The van der Waals surface area contributed by atoms with Gasteiger partial charge in [-0.05, 0) is 24.8 Å². The van der Waals surface area contributed by atoms with Gasteiger partial charge in [-0.15, -0.1) is 0 Å². The van der Waals surface area contributed by atoms with E-state index in [4.69, 9.17) is 15.2 Å². The molecular weight excluding hydrogens is 266 g/mol. The van der Waals surface area contributed by atoms with Gasteiger partial charge in [-0.25, -0.2) is 4.98 Å². The molecule has 0 aliphatic rings. The highest BCUT2D eigenvalue weighted by Gasteiger charge is 2.14. The number of aromatic nitrogens is 2. The first-order chi connectivity index (χ1) is 10.1. The Balaban J connectivity index is 2.25. The molecule has 0 saturated carbocycles. The SMILES string of the molecule is COc1cc2nc(CC(CN)CC(C)C)[nH]c2cc1OC. The van der Waals surface area contributed by atoms with E-state index < -0.39 is 0 Å². The quantitative estimate of drug-likeness (QED) is 0.822. The maximum atomic E-state index is 5.87. The topological polar surface area (TPSA) is 73.2 Å². The van der Waals surface area contributed by atoms with Gasteiger partial charge < -0.3 is 20.2 Å². The minimum atomic E-state index is 0.453. The first-order valence-electron chi connectivity index (χ1n) is 7.38. The Morgan fingerprint density at radius 3 is 2.43 bits per heavy atom. The van der Waals surface area contributed by atoms with Gasteiger partial charge in [-0.1, -0.05) is 13.8 Å². The third-order valence-electron chi connectivity index (χ3n) is 3.66. The third kappa shape index (κ3) is 3.67. The van der Waals surface area contributed by atoms with Crippen molar-refractivity contribution in [2.75, 3.05) is 20.8 Å². The first kappa shape index (κ1) is 15.6. The number of ether oxygens (including phenoxy) is 2. The zero-order valence-corrected chi connectivity index (χ0v) is 13.3. The number of nitrogens with zero attached hydrogens (tertiary/aromatic N) is 1. The van der Waals surface area contributed by atoms with E-state index in [-0.39, 0.29) is 0 Å². The maximum absolute atomic E-state index is 5.87. The van der Waals surface area contributed by atoms with Crippen LogP contribution < -0.4 is 15.2 Å². The zero-order chi connectivity index (χ0) is 15.4. The molecule has 0 spiro atoms. The van der Waals surface area contributed by atoms with Crippen molar-refractivity contribution in [3.63, 3.8) is 0 Å². The normalized spacial score (nSPS) is 12.9. The molecule has 1 aromatic carbocycles. The average molecular weight is 291 g/mol. The molecular formula is C16H25N3O2. The molecule has 1 atom stereocenters. The molecule has 1 unspecified atom stereocenters. The fourth-order valence-corrected chi connectivity index (χ4v) is 2.69. The lowest BCUT2D eigenvalue weighted by molar-refractivity contribution is 0.356. The van der Waals surface area contributed by atoms with Crippen LogP contribution in [0.3, 0.4) is 0 Å². The van der Waals surface area contributed by atoms with Crippen molar-refractivity contribution in [3.8, 4) is 11.5 Å². The second-order valence-corrected chi connectivity index (χ2v) is 5.84. The van der Waals surface area contributed by atoms with Crippen molar-refractivity contribution >= 4 is 11.0 Å². The summed E-state index contributed by atoms with van der Waals surface area (Å²) in [6, 6.07) is 3.82. The summed E-state index contributed by atoms with van der Waals surface area (Å²) in [7, 11) is 3.26. The van der Waals surface area contributed by atoms with Gasteiger partial charge in [0.2, 0.25) is 0 Å². The predicted molar refractivity (Wildman–Crippen MR) is 84.9 cm³/mol. The molecule has 0 bridgehead atoms. The smallest absolute Gasteiger partial charge is 0.163 e. The van der Waals surface area contributed by atoms with E-state index >= 15 is 0 Å². The van der Waals surface area contributed by atoms with Crippen molar-refractivity contribution < 1.29 is 9.47 Å². The highest BCUT2D eigenvalue weighted by atomic mass is 16.5. The average Bonchev–Trinajstić information content (AvgIpc) is 2.85. The molecule has 2 aromatic rings. The Labute approximate surface area is 125 Å². The Morgan fingerprint density at radius 1 is 1.19 bits per heavy atom. The van der Waals surface area contributed by atoms with Gasteiger partial charge >= 0.3 is 0 Å². The van der Waals surface area contributed by atoms with Gasteiger partial charge in [-0.3, -0.25) is 0 Å². The molecule has 0 aliphatic carbocycles. The summed E-state index contributed by atoms with van der Waals surface area (Å²) in [5.74, 6) is 3.47. The predicted octanol–water partition coefficient (Wildman–Crippen LogP) is 2.74. The highest BCUT2D eigenvalue weighted by molar-refractivity contribution is 5.79. The fourth-order valence-electron chi connectivity index (χ4n) is 2.69. The summed E-state index contributed by atoms with van der Waals surface area (Å²) in [4.78, 5) is 8.00. The van der Waals surface area contributed by atoms with E-state index in [0.29, 0.717) is 29.9 Å². The van der Waals surface area contributed by atoms with Crippen molar-refractivity contribution in [2.45, 2.75) is 26.7 Å². The number of methoxy groups -OCH3 is 2. The number of nitrogens with two attached hydrogens (primary N) is 1. The van der Waals surface area contributed by atoms with Crippen molar-refractivity contribution in [2.24, 2.45) is 17.6 Å². The van der Waals surface area contributed by atoms with Gasteiger partial charge in [0.15, 0.2) is 11.5 Å². The largest absolute Gasteiger partial charge is 0.493 e. The molecule has 1 heterocycles. The number of hydrogen-bond acceptors (Lipinski definition) is 4. The van der Waals surface area contributed by atoms with Crippen LogP contribution in [0, 0.1) is 11.8 Å². The van der Waals surface area contributed by atoms with E-state index in [0.717, 1.165) is 29.7 Å². The number of H-pyrrole nitrogens is 1. The van der Waals surface area contributed by atoms with Gasteiger partial charge in [0.05, 0.1) is 25.3 Å². The highest BCUT2D eigenvalue weighted by Crippen LogP contribution is 2.31. The van der Waals surface area contributed by atoms with Crippen LogP contribution in [0.2, 0.25) is 0 Å². The van der Waals surface area contributed by atoms with Crippen LogP contribution in [0.4, 0.5) is 0 Å². The summed E-state index contributed by atoms with van der Waals surface area (Å²) in [6.45, 7) is 5.12. The molecule has 21 heavy (non-hydrogen) atoms. The van der Waals surface area contributed by atoms with E-state index in [1.54, 1.807) is 14.2 Å². The van der Waals surface area contributed by atoms with Crippen LogP contribution in [0.15, 0.2) is 12.1 Å². The number of benzene rings is 1. The molecule has 0 saturated heterocycles. The van der Waals surface area contributed by atoms with Crippen molar-refractivity contribution in [1.29, 1.82) is 0 Å². The van der Waals surface area contributed by atoms with Gasteiger partial charge in [0.1, 0.15) is 5.82 Å². The Hall–Kier alpha value is -1.75. The number of hydrogen-bond donors (Lipinski definition) is 2. The molecule has 2 rings (SSSR count). The molecule has 1 aromatic heterocycles. The monoisotopic (exact) mass is 291 g/mol. The van der Waals surface area contributed by atoms with Gasteiger partial charge in [0, 0.05) is 18.6 Å². The molecule has 0 aliphatic heterocycles. The molecule has 3 N–H and O–H groups in total. The van der Waals surface area contributed by atoms with Gasteiger partial charge in [-0.2, -0.15) is 0 Å². The number of rotatable bonds is 7. The third-order valence-corrected chi connectivity index (χ3v) is 3.66. The van der Waals surface area contributed by atoms with E-state index in [1.807, 2.05) is 12.1 Å². The number of fused-ring (bicyclic) bond motifs is 1. The second-order valence-electron chi connectivity index (χ2n) is 5.84. The van der Waals surface area contributed by atoms with Crippen molar-refractivity contribution in [3.05, 3.63) is 18.0 Å². The zero-order valence-electron chi connectivity index (χ0n) is 13.3. The molecule has 0 radical (unpaired) electrons. The minimum absolute atomic E-state index is 0.453. The summed E-state index contributed by atoms with van der Waals surface area (Å²) in [5, 5.41) is 0. The summed E-state index contributed by atoms with van der Waals surface area (Å²) >= 11 is 0. The lowest BCUT2D eigenvalue weighted by atomic mass is 9.94. The Morgan fingerprint density at radius 2 is 1.86 bits per heavy atom. The van der Waals surface area contributed by atoms with E-state index in [9.17, 15) is 0 Å². The standard InChI is InChI=1S/C16H25N3O2/c1-10(2)5-11(9-17)6-16-18-12-7-14(20-3)15(21-4)8-13(12)19-16/h7-8,10-11H,5-6,9,17H2,1-4H3,(H,18,19). The molecule has 0 fully saturated rings. The molecule has 5 nitrogen and oxygen atoms in total. The minimum Gasteiger partial charge on any atom is -0.493 e. The van der Waals surface area contributed by atoms with E-state index in [1.165, 1.54) is 0 Å². The summed E-state index contributed by atoms with van der Waals surface area (Å²) in [5.41, 5.74) is 7.73. The summed E-state index contributed by atoms with van der Waals surface area (Å²) in [6.07, 6.45) is 1.98. The summed E-state index contributed by atoms with van der Waals surface area (Å²) < 4.78 is 10.6. The van der Waals surface area contributed by atoms with Crippen LogP contribution in [-0.2, 0) is 6.42 Å². The maximum Gasteiger partial charge on any atom is 0.163 e. The van der Waals surface area contributed by atoms with Crippen LogP contribution in [0.5, 0.6) is 11.5 Å². The van der Waals surface area contributed by atoms with Crippen LogP contribution >= 0.6 is 0 Å². The first-order valence-corrected chi connectivity index (χ1v) is 7.38. The van der Waals surface area contributed by atoms with Crippen LogP contribution in [0.25, 0.3) is 11.0 Å². The lowest BCUT2D eigenvalue weighted by Crippen LogP contribution is -2.19. The van der Waals surface area contributed by atoms with Crippen molar-refractivity contribution in [1.82, 2.24) is 9.97 Å². The second kappa shape index (κ2) is 6.80. The Kier molecular flexibility index (Phi) is 5.07. The van der Waals surface area contributed by atoms with Gasteiger partial charge in [0.25, 0.3) is 0 Å². The fraction of sp³-hybridized carbons (Fsp3) is 0.562. The number of imidazole rings is 1. The molecule has 116 valence electrons. The van der Waals surface area contributed by atoms with E-state index in [2.05, 4.69) is 23.8 Å². The number of aromatic amines is 1. The number of nitrogens with one attached hydrogen (secondary N) is 1. The van der Waals surface area contributed by atoms with Crippen LogP contribution in [-0.4, -0.2) is 30.7 Å². The lowest BCUT2D eigenvalue weighted by Gasteiger charge is -2.15. The molecule has 5 heteroatoms.